The van der Waals surface area contributed by atoms with Gasteiger partial charge in [-0.1, -0.05) is 32.7 Å². The Bertz CT molecular complexity index is 1230. The summed E-state index contributed by atoms with van der Waals surface area (Å²) in [6.45, 7) is 8.71. The van der Waals surface area contributed by atoms with Crippen LogP contribution in [-0.2, 0) is 13.8 Å². The molecule has 5 atom stereocenters. The van der Waals surface area contributed by atoms with Gasteiger partial charge in [0.25, 0.3) is 0 Å². The molecule has 0 radical (unpaired) electrons. The van der Waals surface area contributed by atoms with Crippen LogP contribution < -0.4 is 9.58 Å². The van der Waals surface area contributed by atoms with Crippen molar-refractivity contribution in [1.82, 2.24) is 14.5 Å². The van der Waals surface area contributed by atoms with Gasteiger partial charge < -0.3 is 24.9 Å². The Hall–Kier alpha value is -1.99. The molecule has 0 amide bonds. The van der Waals surface area contributed by atoms with Gasteiger partial charge in [0.05, 0.1) is 11.7 Å². The predicted molar refractivity (Wildman–Crippen MR) is 135 cm³/mol. The Labute approximate surface area is 215 Å². The van der Waals surface area contributed by atoms with E-state index in [9.17, 15) is 24.8 Å². The first kappa shape index (κ1) is 28.0. The van der Waals surface area contributed by atoms with Crippen molar-refractivity contribution in [3.8, 4) is 0 Å². The molecule has 0 saturated carbocycles. The van der Waals surface area contributed by atoms with E-state index in [0.29, 0.717) is 35.7 Å². The minimum Gasteiger partial charge on any atom is -0.387 e. The van der Waals surface area contributed by atoms with E-state index in [1.807, 2.05) is 20.8 Å². The van der Waals surface area contributed by atoms with E-state index in [0.717, 1.165) is 0 Å². The number of rotatable bonds is 10. The minimum atomic E-state index is -4.47. The fourth-order valence-corrected chi connectivity index (χ4v) is 7.01. The summed E-state index contributed by atoms with van der Waals surface area (Å²) in [5.41, 5.74) is 0.00382. The summed E-state index contributed by atoms with van der Waals surface area (Å²) in [7, 11) is -2.69. The van der Waals surface area contributed by atoms with Gasteiger partial charge in [0.15, 0.2) is 29.7 Å². The summed E-state index contributed by atoms with van der Waals surface area (Å²) in [5.74, 6) is 1.25. The highest BCUT2D eigenvalue weighted by Gasteiger charge is 2.53. The van der Waals surface area contributed by atoms with Crippen LogP contribution in [0, 0.1) is 0 Å². The maximum absolute atomic E-state index is 13.2. The summed E-state index contributed by atoms with van der Waals surface area (Å²) in [6.07, 6.45) is -0.616. The van der Waals surface area contributed by atoms with Gasteiger partial charge in [-0.05, 0) is 25.7 Å². The maximum atomic E-state index is 13.2. The van der Waals surface area contributed by atoms with E-state index < -0.39 is 43.1 Å². The molecule has 0 aliphatic carbocycles. The summed E-state index contributed by atoms with van der Waals surface area (Å²) < 4.78 is 28.7. The van der Waals surface area contributed by atoms with Crippen LogP contribution in [0.5, 0.6) is 0 Å². The Balaban J connectivity index is 1.65. The number of aromatic nitrogens is 4. The van der Waals surface area contributed by atoms with Crippen molar-refractivity contribution in [2.45, 2.75) is 102 Å². The van der Waals surface area contributed by atoms with Crippen LogP contribution >= 0.6 is 7.60 Å². The highest BCUT2D eigenvalue weighted by molar-refractivity contribution is 7.54. The van der Waals surface area contributed by atoms with Gasteiger partial charge in [-0.15, -0.1) is 5.10 Å². The van der Waals surface area contributed by atoms with Crippen molar-refractivity contribution >= 4 is 30.4 Å². The van der Waals surface area contributed by atoms with Crippen molar-refractivity contribution in [3.63, 3.8) is 0 Å². The molecule has 0 bridgehead atoms. The summed E-state index contributed by atoms with van der Waals surface area (Å²) in [5, 5.41) is 37.0. The third-order valence-electron chi connectivity index (χ3n) is 7.91. The second-order valence-corrected chi connectivity index (χ2v) is 11.9. The van der Waals surface area contributed by atoms with E-state index >= 15 is 0 Å². The van der Waals surface area contributed by atoms with Crippen molar-refractivity contribution < 1.29 is 38.6 Å². The van der Waals surface area contributed by atoms with Gasteiger partial charge in [-0.3, -0.25) is 9.09 Å². The summed E-state index contributed by atoms with van der Waals surface area (Å²) >= 11 is 0. The summed E-state index contributed by atoms with van der Waals surface area (Å²) in [4.78, 5) is 19.5. The molecule has 5 unspecified atom stereocenters. The van der Waals surface area contributed by atoms with Crippen molar-refractivity contribution in [2.75, 3.05) is 12.1 Å². The number of hydrogen-bond donors (Lipinski definition) is 4. The lowest BCUT2D eigenvalue weighted by atomic mass is 9.88. The van der Waals surface area contributed by atoms with Gasteiger partial charge in [0, 0.05) is 20.4 Å². The van der Waals surface area contributed by atoms with E-state index in [2.05, 4.69) is 15.1 Å². The number of aliphatic hydroxyl groups excluding tert-OH is 2. The molecule has 1 saturated heterocycles. The van der Waals surface area contributed by atoms with Crippen molar-refractivity contribution in [1.29, 1.82) is 0 Å². The number of ether oxygens (including phenoxy) is 1. The third kappa shape index (κ3) is 4.50. The molecule has 4 N–H and O–H groups in total. The van der Waals surface area contributed by atoms with Gasteiger partial charge in [0.2, 0.25) is 11.7 Å². The number of hydrogen-bond acceptors (Lipinski definition) is 10. The molecule has 206 valence electrons. The number of nitrogens with zero attached hydrogens (tertiary/aromatic N) is 6. The van der Waals surface area contributed by atoms with Crippen LogP contribution in [0.4, 0.5) is 5.82 Å². The largest absolute Gasteiger partial charge is 0.387 e. The van der Waals surface area contributed by atoms with Gasteiger partial charge in [-0.25, -0.2) is 14.1 Å². The molecule has 4 rings (SSSR count). The van der Waals surface area contributed by atoms with Gasteiger partial charge in [-0.2, -0.15) is 4.98 Å². The van der Waals surface area contributed by atoms with Crippen LogP contribution in [0.2, 0.25) is 0 Å². The predicted octanol–water partition coefficient (Wildman–Crippen LogP) is 1.63. The topological polar surface area (TPSA) is 167 Å². The number of hydrazone groups is 1. The fourth-order valence-electron chi connectivity index (χ4n) is 5.18. The monoisotopic (exact) mass is 541 g/mol. The molecule has 1 fully saturated rings. The van der Waals surface area contributed by atoms with Crippen LogP contribution in [0.1, 0.15) is 73.0 Å². The highest BCUT2D eigenvalue weighted by atomic mass is 31.2. The zero-order chi connectivity index (χ0) is 27.3. The molecule has 2 aromatic rings. The third-order valence-corrected chi connectivity index (χ3v) is 10.2. The van der Waals surface area contributed by atoms with Crippen LogP contribution in [0.25, 0.3) is 11.2 Å². The molecular formula is C23H38N6O7P+. The molecule has 37 heavy (non-hydrogen) atoms. The molecule has 13 nitrogen and oxygen atoms in total. The molecule has 0 aromatic carbocycles. The van der Waals surface area contributed by atoms with E-state index in [1.54, 1.807) is 41.4 Å². The average Bonchev–Trinajstić information content (AvgIpc) is 3.40. The van der Waals surface area contributed by atoms with Crippen molar-refractivity contribution in [3.05, 3.63) is 12.7 Å². The normalized spacial score (nSPS) is 26.0. The summed E-state index contributed by atoms with van der Waals surface area (Å²) in [6, 6.07) is 0. The van der Waals surface area contributed by atoms with Crippen molar-refractivity contribution in [2.24, 2.45) is 5.10 Å². The second-order valence-electron chi connectivity index (χ2n) is 9.87. The fraction of sp³-hybridized carbons (Fsp3) is 0.739. The second kappa shape index (κ2) is 9.96. The smallest absolute Gasteiger partial charge is 0.359 e. The van der Waals surface area contributed by atoms with E-state index in [1.165, 1.54) is 6.33 Å². The lowest BCUT2D eigenvalue weighted by molar-refractivity contribution is -0.745. The first-order valence-corrected chi connectivity index (χ1v) is 14.3. The number of anilines is 1. The average molecular weight is 542 g/mol. The molecule has 2 aromatic heterocycles. The van der Waals surface area contributed by atoms with Gasteiger partial charge >= 0.3 is 13.2 Å². The molecule has 0 spiro atoms. The molecule has 2 aliphatic rings. The van der Waals surface area contributed by atoms with E-state index in [-0.39, 0.29) is 19.3 Å². The van der Waals surface area contributed by atoms with Gasteiger partial charge in [0.1, 0.15) is 12.2 Å². The zero-order valence-electron chi connectivity index (χ0n) is 22.1. The SMILES string of the molecule is CCC(CC)(CC1OC([n+]2cn3c4c(ncnc42)N(C)N=C3C)C(O)C1O)OP(=O)(O)C(O)(CC)CC. The first-order chi connectivity index (χ1) is 17.4. The molecule has 14 heteroatoms. The Morgan fingerprint density at radius 3 is 2.38 bits per heavy atom. The lowest BCUT2D eigenvalue weighted by Gasteiger charge is -2.40. The van der Waals surface area contributed by atoms with E-state index in [4.69, 9.17) is 9.26 Å². The number of aliphatic hydroxyl groups is 3. The maximum Gasteiger partial charge on any atom is 0.359 e. The molecule has 2 aliphatic heterocycles. The Morgan fingerprint density at radius 1 is 1.14 bits per heavy atom. The Morgan fingerprint density at radius 2 is 1.78 bits per heavy atom. The lowest BCUT2D eigenvalue weighted by Crippen LogP contribution is -2.46. The quantitative estimate of drug-likeness (QED) is 0.256. The van der Waals surface area contributed by atoms with Crippen LogP contribution in [-0.4, -0.2) is 76.9 Å². The molecule has 4 heterocycles. The minimum absolute atomic E-state index is 0.0332. The van der Waals surface area contributed by atoms with Crippen LogP contribution in [0.3, 0.4) is 0 Å². The Kier molecular flexibility index (Phi) is 7.54. The number of imidazole rings is 1. The first-order valence-electron chi connectivity index (χ1n) is 12.7. The van der Waals surface area contributed by atoms with Crippen LogP contribution in [0.15, 0.2) is 17.8 Å². The zero-order valence-corrected chi connectivity index (χ0v) is 23.0. The highest BCUT2D eigenvalue weighted by Crippen LogP contribution is 2.61. The molecular weight excluding hydrogens is 503 g/mol. The standard InChI is InChI=1S/C23H37N6O7P/c1-7-22(8-2,36-37(33,34)23(32,9-3)10-4)11-15-17(30)18(31)21(35-15)29-13-28-14(5)26-27(6)19-16(28)20(29)25-12-24-19/h12-13,15,17-18,21,30-32H,7-11H2,1-6H3/p+1.